The fraction of sp³-hybridized carbons (Fsp3) is 0.167. The fourth-order valence-electron chi connectivity index (χ4n) is 1.58. The van der Waals surface area contributed by atoms with E-state index in [1.165, 1.54) is 5.56 Å². The zero-order chi connectivity index (χ0) is 12.6. The quantitative estimate of drug-likeness (QED) is 0.666. The number of rotatable bonds is 2. The first-order valence-electron chi connectivity index (χ1n) is 4.96. The molecule has 0 bridgehead atoms. The van der Waals surface area contributed by atoms with E-state index in [2.05, 4.69) is 72.9 Å². The van der Waals surface area contributed by atoms with Gasteiger partial charge in [0, 0.05) is 13.8 Å². The van der Waals surface area contributed by atoms with Gasteiger partial charge in [-0.2, -0.15) is 0 Å². The van der Waals surface area contributed by atoms with Gasteiger partial charge >= 0.3 is 0 Å². The van der Waals surface area contributed by atoms with Gasteiger partial charge in [-0.3, -0.25) is 0 Å². The van der Waals surface area contributed by atoms with Gasteiger partial charge in [0.1, 0.15) is 0 Å². The molecule has 0 aliphatic heterocycles. The van der Waals surface area contributed by atoms with Crippen LogP contribution in [-0.4, -0.2) is 0 Å². The third-order valence-electron chi connectivity index (χ3n) is 2.53. The van der Waals surface area contributed by atoms with Gasteiger partial charge in [-0.25, -0.2) is 0 Å². The van der Waals surface area contributed by atoms with Crippen molar-refractivity contribution in [3.05, 3.63) is 53.0 Å². The lowest BCUT2D eigenvalue weighted by Crippen LogP contribution is -2.11. The molecule has 0 saturated carbocycles. The van der Waals surface area contributed by atoms with Crippen LogP contribution in [0.15, 0.2) is 37.0 Å². The lowest BCUT2D eigenvalue weighted by atomic mass is 10.0. The Labute approximate surface area is 130 Å². The zero-order valence-corrected chi connectivity index (χ0v) is 14.6. The van der Waals surface area contributed by atoms with Gasteiger partial charge in [0.25, 0.3) is 0 Å². The van der Waals surface area contributed by atoms with Crippen LogP contribution >= 0.6 is 59.1 Å². The van der Waals surface area contributed by atoms with Gasteiger partial charge in [0.15, 0.2) is 0 Å². The van der Waals surface area contributed by atoms with Crippen LogP contribution in [0.25, 0.3) is 0 Å². The molecule has 0 fully saturated rings. The minimum absolute atomic E-state index is 0.100. The molecule has 0 radical (unpaired) electrons. The van der Waals surface area contributed by atoms with Crippen molar-refractivity contribution >= 4 is 59.1 Å². The molecule has 1 heterocycles. The summed E-state index contributed by atoms with van der Waals surface area (Å²) in [5, 5.41) is 0. The van der Waals surface area contributed by atoms with E-state index >= 15 is 0 Å². The van der Waals surface area contributed by atoms with Crippen LogP contribution in [0.3, 0.4) is 0 Å². The highest BCUT2D eigenvalue weighted by Gasteiger charge is 2.16. The van der Waals surface area contributed by atoms with E-state index in [9.17, 15) is 0 Å². The summed E-state index contributed by atoms with van der Waals surface area (Å²) < 4.78 is 3.22. The van der Waals surface area contributed by atoms with Crippen LogP contribution in [0.1, 0.15) is 22.0 Å². The largest absolute Gasteiger partial charge is 0.320 e. The highest BCUT2D eigenvalue weighted by molar-refractivity contribution is 9.13. The minimum Gasteiger partial charge on any atom is -0.320 e. The van der Waals surface area contributed by atoms with Crippen molar-refractivity contribution in [2.75, 3.05) is 0 Å². The maximum Gasteiger partial charge on any atom is 0.0843 e. The van der Waals surface area contributed by atoms with E-state index in [0.717, 1.165) is 23.2 Å². The molecule has 0 aliphatic carbocycles. The summed E-state index contributed by atoms with van der Waals surface area (Å²) in [6.07, 6.45) is 0. The summed E-state index contributed by atoms with van der Waals surface area (Å²) in [4.78, 5) is 1.13. The Kier molecular flexibility index (Phi) is 4.47. The molecule has 90 valence electrons. The van der Waals surface area contributed by atoms with Crippen LogP contribution in [0.5, 0.6) is 0 Å². The number of thiophene rings is 1. The molecule has 0 spiro atoms. The van der Waals surface area contributed by atoms with E-state index in [0.29, 0.717) is 0 Å². The standard InChI is InChI=1S/C12H10Br3NS/c1-6-3-2-4-7(10(6)14)11(16)9-5-8(13)12(15)17-9/h2-5,11H,16H2,1H3. The van der Waals surface area contributed by atoms with Gasteiger partial charge in [-0.15, -0.1) is 11.3 Å². The van der Waals surface area contributed by atoms with Gasteiger partial charge < -0.3 is 5.73 Å². The molecule has 2 aromatic rings. The molecule has 0 amide bonds. The predicted molar refractivity (Wildman–Crippen MR) is 84.6 cm³/mol. The molecule has 5 heteroatoms. The molecule has 1 atom stereocenters. The minimum atomic E-state index is -0.100. The lowest BCUT2D eigenvalue weighted by molar-refractivity contribution is 0.884. The second kappa shape index (κ2) is 5.53. The van der Waals surface area contributed by atoms with Crippen molar-refractivity contribution in [2.24, 2.45) is 5.73 Å². The normalized spacial score (nSPS) is 12.8. The van der Waals surface area contributed by atoms with Gasteiger partial charge in [-0.1, -0.05) is 34.1 Å². The second-order valence-electron chi connectivity index (χ2n) is 3.73. The van der Waals surface area contributed by atoms with Crippen molar-refractivity contribution in [3.63, 3.8) is 0 Å². The number of nitrogens with two attached hydrogens (primary N) is 1. The van der Waals surface area contributed by atoms with E-state index in [1.807, 2.05) is 6.07 Å². The molecule has 1 unspecified atom stereocenters. The van der Waals surface area contributed by atoms with Gasteiger partial charge in [0.2, 0.25) is 0 Å². The molecule has 1 nitrogen and oxygen atoms in total. The topological polar surface area (TPSA) is 26.0 Å². The van der Waals surface area contributed by atoms with Crippen LogP contribution in [-0.2, 0) is 0 Å². The fourth-order valence-corrected chi connectivity index (χ4v) is 4.20. The Hall–Kier alpha value is 0.320. The molecule has 2 rings (SSSR count). The maximum atomic E-state index is 6.31. The molecular formula is C12H10Br3NS. The summed E-state index contributed by atoms with van der Waals surface area (Å²) >= 11 is 12.2. The number of hydrogen-bond acceptors (Lipinski definition) is 2. The van der Waals surface area contributed by atoms with E-state index < -0.39 is 0 Å². The first-order valence-corrected chi connectivity index (χ1v) is 8.15. The maximum absolute atomic E-state index is 6.31. The Morgan fingerprint density at radius 1 is 1.24 bits per heavy atom. The highest BCUT2D eigenvalue weighted by Crippen LogP contribution is 2.38. The summed E-state index contributed by atoms with van der Waals surface area (Å²) in [6, 6.07) is 8.13. The van der Waals surface area contributed by atoms with E-state index in [4.69, 9.17) is 5.73 Å². The number of halogens is 3. The molecule has 0 aliphatic rings. The summed E-state index contributed by atoms with van der Waals surface area (Å²) in [5.74, 6) is 0. The van der Waals surface area contributed by atoms with E-state index in [-0.39, 0.29) is 6.04 Å². The highest BCUT2D eigenvalue weighted by atomic mass is 79.9. The smallest absolute Gasteiger partial charge is 0.0843 e. The number of aryl methyl sites for hydroxylation is 1. The summed E-state index contributed by atoms with van der Waals surface area (Å²) in [6.45, 7) is 2.07. The molecular weight excluding hydrogens is 430 g/mol. The van der Waals surface area contributed by atoms with Crippen LogP contribution in [0.4, 0.5) is 0 Å². The first-order chi connectivity index (χ1) is 8.00. The molecule has 17 heavy (non-hydrogen) atoms. The van der Waals surface area contributed by atoms with Crippen LogP contribution in [0, 0.1) is 6.92 Å². The molecule has 1 aromatic carbocycles. The van der Waals surface area contributed by atoms with Crippen molar-refractivity contribution in [1.29, 1.82) is 0 Å². The number of benzene rings is 1. The zero-order valence-electron chi connectivity index (χ0n) is 9.01. The Morgan fingerprint density at radius 2 is 1.94 bits per heavy atom. The predicted octanol–water partition coefficient (Wildman–Crippen LogP) is 5.39. The monoisotopic (exact) mass is 437 g/mol. The van der Waals surface area contributed by atoms with Crippen LogP contribution < -0.4 is 5.73 Å². The van der Waals surface area contributed by atoms with Crippen molar-refractivity contribution in [3.8, 4) is 0 Å². The second-order valence-corrected chi connectivity index (χ2v) is 7.78. The Morgan fingerprint density at radius 3 is 2.53 bits per heavy atom. The van der Waals surface area contributed by atoms with E-state index in [1.54, 1.807) is 11.3 Å². The Bertz CT molecular complexity index is 531. The SMILES string of the molecule is Cc1cccc(C(N)c2cc(Br)c(Br)s2)c1Br. The number of hydrogen-bond donors (Lipinski definition) is 1. The summed E-state index contributed by atoms with van der Waals surface area (Å²) in [7, 11) is 0. The van der Waals surface area contributed by atoms with Gasteiger partial charge in [-0.05, 0) is 56.0 Å². The Balaban J connectivity index is 2.43. The van der Waals surface area contributed by atoms with Crippen molar-refractivity contribution in [2.45, 2.75) is 13.0 Å². The third kappa shape index (κ3) is 2.84. The van der Waals surface area contributed by atoms with Gasteiger partial charge in [0.05, 0.1) is 9.83 Å². The average molecular weight is 440 g/mol. The average Bonchev–Trinajstić information content (AvgIpc) is 2.62. The first kappa shape index (κ1) is 13.7. The molecule has 1 aromatic heterocycles. The van der Waals surface area contributed by atoms with Crippen molar-refractivity contribution in [1.82, 2.24) is 0 Å². The van der Waals surface area contributed by atoms with Crippen molar-refractivity contribution < 1.29 is 0 Å². The van der Waals surface area contributed by atoms with Crippen LogP contribution in [0.2, 0.25) is 0 Å². The summed E-state index contributed by atoms with van der Waals surface area (Å²) in [5.41, 5.74) is 8.63. The molecule has 0 saturated heterocycles. The third-order valence-corrected chi connectivity index (χ3v) is 6.95. The molecule has 2 N–H and O–H groups in total. The lowest BCUT2D eigenvalue weighted by Gasteiger charge is -2.13.